The number of nitrogens with zero attached hydrogens (tertiary/aromatic N) is 2. The molecule has 0 aromatic heterocycles. The summed E-state index contributed by atoms with van der Waals surface area (Å²) in [6.45, 7) is 1.30. The zero-order valence-electron chi connectivity index (χ0n) is 13.0. The van der Waals surface area contributed by atoms with Gasteiger partial charge in [-0.25, -0.2) is 4.79 Å². The van der Waals surface area contributed by atoms with Crippen molar-refractivity contribution >= 4 is 17.7 Å². The van der Waals surface area contributed by atoms with Crippen LogP contribution in [0.2, 0.25) is 0 Å². The molecule has 0 radical (unpaired) electrons. The van der Waals surface area contributed by atoms with Gasteiger partial charge in [-0.3, -0.25) is 9.69 Å². The third-order valence-electron chi connectivity index (χ3n) is 3.96. The fourth-order valence-electron chi connectivity index (χ4n) is 2.59. The first-order valence-corrected chi connectivity index (χ1v) is 7.37. The molecule has 6 heteroatoms. The SMILES string of the molecule is CO[C@H]1CCN(C(=O)N(C)c2cccc(CCC(=O)O)c2)C1. The summed E-state index contributed by atoms with van der Waals surface area (Å²) in [6.07, 6.45) is 1.51. The number of carbonyl (C=O) groups excluding carboxylic acids is 1. The molecule has 22 heavy (non-hydrogen) atoms. The van der Waals surface area contributed by atoms with E-state index in [1.165, 1.54) is 0 Å². The van der Waals surface area contributed by atoms with E-state index in [-0.39, 0.29) is 18.6 Å². The lowest BCUT2D eigenvalue weighted by molar-refractivity contribution is -0.136. The number of aryl methyl sites for hydroxylation is 1. The smallest absolute Gasteiger partial charge is 0.324 e. The number of likely N-dealkylation sites (tertiary alicyclic amines) is 1. The average molecular weight is 306 g/mol. The molecule has 6 nitrogen and oxygen atoms in total. The van der Waals surface area contributed by atoms with Crippen LogP contribution in [0.5, 0.6) is 0 Å². The lowest BCUT2D eigenvalue weighted by atomic mass is 10.1. The summed E-state index contributed by atoms with van der Waals surface area (Å²) < 4.78 is 5.28. The van der Waals surface area contributed by atoms with Gasteiger partial charge in [-0.1, -0.05) is 12.1 Å². The quantitative estimate of drug-likeness (QED) is 0.903. The fraction of sp³-hybridized carbons (Fsp3) is 0.500. The number of urea groups is 1. The summed E-state index contributed by atoms with van der Waals surface area (Å²) in [6, 6.07) is 7.38. The first-order chi connectivity index (χ1) is 10.5. The van der Waals surface area contributed by atoms with Gasteiger partial charge in [-0.15, -0.1) is 0 Å². The van der Waals surface area contributed by atoms with Crippen LogP contribution < -0.4 is 4.90 Å². The zero-order chi connectivity index (χ0) is 16.1. The second kappa shape index (κ2) is 7.26. The van der Waals surface area contributed by atoms with Gasteiger partial charge in [-0.2, -0.15) is 0 Å². The van der Waals surface area contributed by atoms with Crippen molar-refractivity contribution in [1.82, 2.24) is 4.90 Å². The molecule has 0 unspecified atom stereocenters. The first-order valence-electron chi connectivity index (χ1n) is 7.37. The predicted molar refractivity (Wildman–Crippen MR) is 83.2 cm³/mol. The molecule has 1 aliphatic heterocycles. The van der Waals surface area contributed by atoms with Gasteiger partial charge < -0.3 is 14.7 Å². The van der Waals surface area contributed by atoms with Crippen molar-refractivity contribution in [2.45, 2.75) is 25.4 Å². The summed E-state index contributed by atoms with van der Waals surface area (Å²) in [4.78, 5) is 26.5. The summed E-state index contributed by atoms with van der Waals surface area (Å²) in [5, 5.41) is 8.75. The van der Waals surface area contributed by atoms with Crippen molar-refractivity contribution in [2.75, 3.05) is 32.1 Å². The van der Waals surface area contributed by atoms with Gasteiger partial charge >= 0.3 is 12.0 Å². The van der Waals surface area contributed by atoms with Gasteiger partial charge in [0.2, 0.25) is 0 Å². The minimum atomic E-state index is -0.822. The fourth-order valence-corrected chi connectivity index (χ4v) is 2.59. The van der Waals surface area contributed by atoms with Crippen molar-refractivity contribution in [3.63, 3.8) is 0 Å². The Hall–Kier alpha value is -2.08. The van der Waals surface area contributed by atoms with Crippen LogP contribution in [0.3, 0.4) is 0 Å². The number of carboxylic acids is 1. The number of ether oxygens (including phenoxy) is 1. The number of carboxylic acid groups (broad SMARTS) is 1. The molecular weight excluding hydrogens is 284 g/mol. The van der Waals surface area contributed by atoms with Crippen molar-refractivity contribution in [3.8, 4) is 0 Å². The van der Waals surface area contributed by atoms with Gasteiger partial charge in [0.1, 0.15) is 0 Å². The second-order valence-electron chi connectivity index (χ2n) is 5.50. The minimum Gasteiger partial charge on any atom is -0.481 e. The second-order valence-corrected chi connectivity index (χ2v) is 5.50. The van der Waals surface area contributed by atoms with E-state index in [1.807, 2.05) is 24.3 Å². The Morgan fingerprint density at radius 2 is 2.23 bits per heavy atom. The molecule has 0 aliphatic carbocycles. The number of hydrogen-bond acceptors (Lipinski definition) is 3. The van der Waals surface area contributed by atoms with Gasteiger partial charge in [0.25, 0.3) is 0 Å². The van der Waals surface area contributed by atoms with Crippen molar-refractivity contribution in [2.24, 2.45) is 0 Å². The maximum atomic E-state index is 12.5. The highest BCUT2D eigenvalue weighted by Gasteiger charge is 2.28. The van der Waals surface area contributed by atoms with E-state index < -0.39 is 5.97 Å². The molecule has 1 N–H and O–H groups in total. The number of rotatable bonds is 5. The van der Waals surface area contributed by atoms with E-state index in [4.69, 9.17) is 9.84 Å². The summed E-state index contributed by atoms with van der Waals surface area (Å²) in [5.74, 6) is -0.822. The molecular formula is C16H22N2O4. The molecule has 1 fully saturated rings. The van der Waals surface area contributed by atoms with Gasteiger partial charge in [0, 0.05) is 39.4 Å². The number of aliphatic carboxylic acids is 1. The van der Waals surface area contributed by atoms with E-state index >= 15 is 0 Å². The van der Waals surface area contributed by atoms with Crippen LogP contribution >= 0.6 is 0 Å². The molecule has 1 atom stereocenters. The van der Waals surface area contributed by atoms with E-state index in [1.54, 1.807) is 24.0 Å². The van der Waals surface area contributed by atoms with Crippen LogP contribution in [-0.4, -0.2) is 55.4 Å². The number of benzene rings is 1. The third kappa shape index (κ3) is 3.98. The Kier molecular flexibility index (Phi) is 5.38. The Morgan fingerprint density at radius 3 is 2.86 bits per heavy atom. The van der Waals surface area contributed by atoms with Crippen LogP contribution in [0.25, 0.3) is 0 Å². The first kappa shape index (κ1) is 16.3. The van der Waals surface area contributed by atoms with E-state index in [9.17, 15) is 9.59 Å². The summed E-state index contributed by atoms with van der Waals surface area (Å²) >= 11 is 0. The number of carbonyl (C=O) groups is 2. The molecule has 0 bridgehead atoms. The largest absolute Gasteiger partial charge is 0.481 e. The van der Waals surface area contributed by atoms with Gasteiger partial charge in [0.05, 0.1) is 6.10 Å². The minimum absolute atomic E-state index is 0.0602. The zero-order valence-corrected chi connectivity index (χ0v) is 13.0. The summed E-state index contributed by atoms with van der Waals surface area (Å²) in [5.41, 5.74) is 1.68. The Bertz CT molecular complexity index is 547. The molecule has 1 heterocycles. The van der Waals surface area contributed by atoms with E-state index in [0.717, 1.165) is 17.7 Å². The van der Waals surface area contributed by atoms with Gasteiger partial charge in [-0.05, 0) is 30.5 Å². The van der Waals surface area contributed by atoms with Crippen LogP contribution in [0.1, 0.15) is 18.4 Å². The van der Waals surface area contributed by atoms with Crippen molar-refractivity contribution in [3.05, 3.63) is 29.8 Å². The Labute approximate surface area is 130 Å². The standard InChI is InChI=1S/C16H22N2O4/c1-17(16(21)18-9-8-14(11-18)22-2)13-5-3-4-12(10-13)6-7-15(19)20/h3-5,10,14H,6-9,11H2,1-2H3,(H,19,20)/t14-/m0/s1. The molecule has 0 saturated carbocycles. The Balaban J connectivity index is 2.02. The third-order valence-corrected chi connectivity index (χ3v) is 3.96. The molecule has 1 aromatic rings. The lowest BCUT2D eigenvalue weighted by Gasteiger charge is -2.25. The normalized spacial score (nSPS) is 17.5. The van der Waals surface area contributed by atoms with Crippen molar-refractivity contribution < 1.29 is 19.4 Å². The lowest BCUT2D eigenvalue weighted by Crippen LogP contribution is -2.40. The maximum Gasteiger partial charge on any atom is 0.324 e. The average Bonchev–Trinajstić information content (AvgIpc) is 3.00. The van der Waals surface area contributed by atoms with E-state index in [2.05, 4.69) is 0 Å². The van der Waals surface area contributed by atoms with E-state index in [0.29, 0.717) is 19.5 Å². The molecule has 120 valence electrons. The molecule has 1 saturated heterocycles. The highest BCUT2D eigenvalue weighted by molar-refractivity contribution is 5.91. The van der Waals surface area contributed by atoms with Crippen LogP contribution in [0, 0.1) is 0 Å². The predicted octanol–water partition coefficient (Wildman–Crippen LogP) is 1.98. The monoisotopic (exact) mass is 306 g/mol. The van der Waals surface area contributed by atoms with Crippen molar-refractivity contribution in [1.29, 1.82) is 0 Å². The Morgan fingerprint density at radius 1 is 1.45 bits per heavy atom. The van der Waals surface area contributed by atoms with Crippen LogP contribution in [-0.2, 0) is 16.0 Å². The highest BCUT2D eigenvalue weighted by atomic mass is 16.5. The maximum absolute atomic E-state index is 12.5. The molecule has 1 aromatic carbocycles. The van der Waals surface area contributed by atoms with Crippen LogP contribution in [0.4, 0.5) is 10.5 Å². The number of anilines is 1. The number of amides is 2. The van der Waals surface area contributed by atoms with Gasteiger partial charge in [0.15, 0.2) is 0 Å². The molecule has 2 amide bonds. The molecule has 2 rings (SSSR count). The number of methoxy groups -OCH3 is 1. The highest BCUT2D eigenvalue weighted by Crippen LogP contribution is 2.20. The topological polar surface area (TPSA) is 70.1 Å². The number of hydrogen-bond donors (Lipinski definition) is 1. The molecule has 1 aliphatic rings. The summed E-state index contributed by atoms with van der Waals surface area (Å²) in [7, 11) is 3.40. The molecule has 0 spiro atoms. The van der Waals surface area contributed by atoms with Crippen LogP contribution in [0.15, 0.2) is 24.3 Å².